The molecular weight excluding hydrogens is 240 g/mol. The quantitative estimate of drug-likeness (QED) is 0.868. The van der Waals surface area contributed by atoms with Crippen molar-refractivity contribution in [2.24, 2.45) is 5.73 Å². The molecule has 0 aliphatic rings. The molecule has 1 aromatic carbocycles. The Balaban J connectivity index is 2.69. The van der Waals surface area contributed by atoms with Crippen LogP contribution in [0.4, 0.5) is 0 Å². The molecule has 0 atom stereocenters. The van der Waals surface area contributed by atoms with Crippen LogP contribution in [-0.2, 0) is 13.0 Å². The first kappa shape index (κ1) is 13.6. The number of carboxylic acids is 1. The second-order valence-corrected chi connectivity index (χ2v) is 4.82. The third-order valence-corrected chi connectivity index (χ3v) is 3.48. The van der Waals surface area contributed by atoms with Gasteiger partial charge in [0.05, 0.1) is 11.1 Å². The molecule has 3 N–H and O–H groups in total. The molecule has 0 bridgehead atoms. The van der Waals surface area contributed by atoms with Crippen molar-refractivity contribution < 1.29 is 9.90 Å². The summed E-state index contributed by atoms with van der Waals surface area (Å²) in [5.41, 5.74) is 8.90. The van der Waals surface area contributed by atoms with E-state index in [1.807, 2.05) is 13.8 Å². The van der Waals surface area contributed by atoms with Crippen molar-refractivity contribution in [3.05, 3.63) is 35.0 Å². The van der Waals surface area contributed by atoms with Gasteiger partial charge in [-0.25, -0.2) is 4.79 Å². The Morgan fingerprint density at radius 3 is 2.68 bits per heavy atom. The number of carbonyl (C=O) groups is 1. The van der Waals surface area contributed by atoms with Crippen LogP contribution in [-0.4, -0.2) is 22.2 Å². The molecule has 1 aromatic heterocycles. The number of benzene rings is 1. The molecule has 0 amide bonds. The first-order valence-corrected chi connectivity index (χ1v) is 6.64. The highest BCUT2D eigenvalue weighted by atomic mass is 16.4. The highest BCUT2D eigenvalue weighted by Gasteiger charge is 2.15. The van der Waals surface area contributed by atoms with Crippen molar-refractivity contribution in [2.45, 2.75) is 33.2 Å². The molecule has 0 fully saturated rings. The van der Waals surface area contributed by atoms with Gasteiger partial charge in [0.2, 0.25) is 0 Å². The maximum Gasteiger partial charge on any atom is 0.337 e. The SMILES string of the molecule is CCc1cc(C(=O)O)c2c(c1)cc(C)n2CCCN. The molecule has 2 aromatic rings. The third-order valence-electron chi connectivity index (χ3n) is 3.48. The van der Waals surface area contributed by atoms with Crippen LogP contribution in [0, 0.1) is 6.92 Å². The molecule has 4 heteroatoms. The summed E-state index contributed by atoms with van der Waals surface area (Å²) in [7, 11) is 0. The zero-order valence-electron chi connectivity index (χ0n) is 11.4. The second kappa shape index (κ2) is 5.45. The van der Waals surface area contributed by atoms with Gasteiger partial charge in [-0.05, 0) is 50.1 Å². The summed E-state index contributed by atoms with van der Waals surface area (Å²) in [5.74, 6) is -0.868. The van der Waals surface area contributed by atoms with E-state index in [1.54, 1.807) is 6.07 Å². The highest BCUT2D eigenvalue weighted by molar-refractivity contribution is 6.03. The Hall–Kier alpha value is -1.81. The van der Waals surface area contributed by atoms with Gasteiger partial charge in [-0.3, -0.25) is 0 Å². The molecule has 0 saturated heterocycles. The van der Waals surface area contributed by atoms with Crippen LogP contribution in [0.15, 0.2) is 18.2 Å². The fraction of sp³-hybridized carbons (Fsp3) is 0.400. The van der Waals surface area contributed by atoms with Crippen LogP contribution in [0.1, 0.15) is 35.0 Å². The van der Waals surface area contributed by atoms with Gasteiger partial charge in [0.1, 0.15) is 0 Å². The predicted octanol–water partition coefficient (Wildman–Crippen LogP) is 2.56. The highest BCUT2D eigenvalue weighted by Crippen LogP contribution is 2.26. The molecular formula is C15H20N2O2. The van der Waals surface area contributed by atoms with E-state index >= 15 is 0 Å². The minimum atomic E-state index is -0.868. The summed E-state index contributed by atoms with van der Waals surface area (Å²) < 4.78 is 2.06. The van der Waals surface area contributed by atoms with Crippen molar-refractivity contribution in [2.75, 3.05) is 6.54 Å². The number of aromatic carboxylic acids is 1. The van der Waals surface area contributed by atoms with Gasteiger partial charge in [-0.1, -0.05) is 6.92 Å². The molecule has 1 heterocycles. The van der Waals surface area contributed by atoms with E-state index in [9.17, 15) is 9.90 Å². The maximum atomic E-state index is 11.5. The van der Waals surface area contributed by atoms with Crippen molar-refractivity contribution >= 4 is 16.9 Å². The lowest BCUT2D eigenvalue weighted by Gasteiger charge is -2.10. The Morgan fingerprint density at radius 2 is 2.11 bits per heavy atom. The normalized spacial score (nSPS) is 11.1. The van der Waals surface area contributed by atoms with Crippen LogP contribution in [0.2, 0.25) is 0 Å². The molecule has 0 spiro atoms. The zero-order chi connectivity index (χ0) is 14.0. The van der Waals surface area contributed by atoms with Crippen LogP contribution < -0.4 is 5.73 Å². The maximum absolute atomic E-state index is 11.5. The van der Waals surface area contributed by atoms with Crippen LogP contribution >= 0.6 is 0 Å². The van der Waals surface area contributed by atoms with E-state index in [4.69, 9.17) is 5.73 Å². The van der Waals surface area contributed by atoms with E-state index in [0.717, 1.165) is 41.5 Å². The van der Waals surface area contributed by atoms with Gasteiger partial charge in [-0.2, -0.15) is 0 Å². The number of rotatable bonds is 5. The number of fused-ring (bicyclic) bond motifs is 1. The van der Waals surface area contributed by atoms with Gasteiger partial charge >= 0.3 is 5.97 Å². The molecule has 4 nitrogen and oxygen atoms in total. The molecule has 0 aliphatic carbocycles. The van der Waals surface area contributed by atoms with Gasteiger partial charge < -0.3 is 15.4 Å². The van der Waals surface area contributed by atoms with Gasteiger partial charge in [-0.15, -0.1) is 0 Å². The van der Waals surface area contributed by atoms with Crippen molar-refractivity contribution in [3.63, 3.8) is 0 Å². The average Bonchev–Trinajstić information content (AvgIpc) is 2.70. The monoisotopic (exact) mass is 260 g/mol. The van der Waals surface area contributed by atoms with E-state index in [-0.39, 0.29) is 0 Å². The molecule has 0 aliphatic heterocycles. The average molecular weight is 260 g/mol. The number of carboxylic acid groups (broad SMARTS) is 1. The predicted molar refractivity (Wildman–Crippen MR) is 76.7 cm³/mol. The minimum Gasteiger partial charge on any atom is -0.478 e. The lowest BCUT2D eigenvalue weighted by molar-refractivity contribution is 0.0698. The van der Waals surface area contributed by atoms with Crippen LogP contribution in [0.5, 0.6) is 0 Å². The number of aryl methyl sites for hydroxylation is 3. The smallest absolute Gasteiger partial charge is 0.337 e. The van der Waals surface area contributed by atoms with E-state index in [1.165, 1.54) is 0 Å². The van der Waals surface area contributed by atoms with Crippen LogP contribution in [0.25, 0.3) is 10.9 Å². The lowest BCUT2D eigenvalue weighted by Crippen LogP contribution is -2.09. The van der Waals surface area contributed by atoms with Crippen molar-refractivity contribution in [3.8, 4) is 0 Å². The molecule has 0 saturated carbocycles. The largest absolute Gasteiger partial charge is 0.478 e. The first-order chi connectivity index (χ1) is 9.08. The van der Waals surface area contributed by atoms with Gasteiger partial charge in [0, 0.05) is 17.6 Å². The summed E-state index contributed by atoms with van der Waals surface area (Å²) in [5, 5.41) is 10.4. The number of nitrogens with two attached hydrogens (primary N) is 1. The Bertz CT molecular complexity index is 614. The molecule has 0 unspecified atom stereocenters. The second-order valence-electron chi connectivity index (χ2n) is 4.82. The summed E-state index contributed by atoms with van der Waals surface area (Å²) in [6.45, 7) is 5.41. The number of hydrogen-bond donors (Lipinski definition) is 2. The molecule has 2 rings (SSSR count). The molecule has 102 valence electrons. The standard InChI is InChI=1S/C15H20N2O2/c1-3-11-8-12-7-10(2)17(6-4-5-16)14(12)13(9-11)15(18)19/h7-9H,3-6,16H2,1-2H3,(H,18,19). The Morgan fingerprint density at radius 1 is 1.37 bits per heavy atom. The van der Waals surface area contributed by atoms with Gasteiger partial charge in [0.25, 0.3) is 0 Å². The van der Waals surface area contributed by atoms with E-state index < -0.39 is 5.97 Å². The fourth-order valence-corrected chi connectivity index (χ4v) is 2.51. The summed E-state index contributed by atoms with van der Waals surface area (Å²) in [6, 6.07) is 5.91. The topological polar surface area (TPSA) is 68.2 Å². The number of nitrogens with zero attached hydrogens (tertiary/aromatic N) is 1. The lowest BCUT2D eigenvalue weighted by atomic mass is 10.0. The summed E-state index contributed by atoms with van der Waals surface area (Å²) >= 11 is 0. The van der Waals surface area contributed by atoms with E-state index in [0.29, 0.717) is 12.1 Å². The summed E-state index contributed by atoms with van der Waals surface area (Å²) in [6.07, 6.45) is 1.68. The number of hydrogen-bond acceptors (Lipinski definition) is 2. The Kier molecular flexibility index (Phi) is 3.90. The third kappa shape index (κ3) is 2.49. The zero-order valence-corrected chi connectivity index (χ0v) is 11.4. The van der Waals surface area contributed by atoms with E-state index in [2.05, 4.69) is 16.7 Å². The molecule has 19 heavy (non-hydrogen) atoms. The van der Waals surface area contributed by atoms with Gasteiger partial charge in [0.15, 0.2) is 0 Å². The summed E-state index contributed by atoms with van der Waals surface area (Å²) in [4.78, 5) is 11.5. The number of aromatic nitrogens is 1. The van der Waals surface area contributed by atoms with Crippen molar-refractivity contribution in [1.29, 1.82) is 0 Å². The fourth-order valence-electron chi connectivity index (χ4n) is 2.51. The first-order valence-electron chi connectivity index (χ1n) is 6.64. The molecule has 0 radical (unpaired) electrons. The van der Waals surface area contributed by atoms with Crippen molar-refractivity contribution in [1.82, 2.24) is 4.57 Å². The Labute approximate surface area is 112 Å². The van der Waals surface area contributed by atoms with Crippen LogP contribution in [0.3, 0.4) is 0 Å². The minimum absolute atomic E-state index is 0.388.